The van der Waals surface area contributed by atoms with Gasteiger partial charge in [-0.25, -0.2) is 22.5 Å². The van der Waals surface area contributed by atoms with Crippen LogP contribution in [0.25, 0.3) is 0 Å². The molecule has 0 bridgehead atoms. The van der Waals surface area contributed by atoms with Gasteiger partial charge in [0.2, 0.25) is 5.91 Å². The van der Waals surface area contributed by atoms with Crippen LogP contribution in [0, 0.1) is 23.0 Å². The van der Waals surface area contributed by atoms with Gasteiger partial charge in [0.15, 0.2) is 5.54 Å². The third-order valence-corrected chi connectivity index (χ3v) is 8.69. The lowest BCUT2D eigenvalue weighted by molar-refractivity contribution is -0.164. The second-order valence-corrected chi connectivity index (χ2v) is 11.5. The van der Waals surface area contributed by atoms with E-state index in [-0.39, 0.29) is 48.3 Å². The van der Waals surface area contributed by atoms with Gasteiger partial charge in [0.1, 0.15) is 23.6 Å². The molecule has 1 saturated carbocycles. The summed E-state index contributed by atoms with van der Waals surface area (Å²) >= 11 is 6.51. The van der Waals surface area contributed by atoms with Gasteiger partial charge in [0, 0.05) is 42.6 Å². The number of pyridine rings is 1. The average molecular weight is 629 g/mol. The molecule has 1 aromatic heterocycles. The summed E-state index contributed by atoms with van der Waals surface area (Å²) in [4.78, 5) is 32.8. The highest BCUT2D eigenvalue weighted by Gasteiger charge is 2.57. The molecule has 0 spiro atoms. The van der Waals surface area contributed by atoms with Crippen molar-refractivity contribution in [2.24, 2.45) is 0 Å². The largest absolute Gasteiger partial charge is 0.351 e. The van der Waals surface area contributed by atoms with Gasteiger partial charge < -0.3 is 5.32 Å². The van der Waals surface area contributed by atoms with Gasteiger partial charge in [0.05, 0.1) is 17.3 Å². The zero-order chi connectivity index (χ0) is 31.4. The number of anilines is 2. The third kappa shape index (κ3) is 5.02. The van der Waals surface area contributed by atoms with Crippen molar-refractivity contribution in [2.45, 2.75) is 62.2 Å². The van der Waals surface area contributed by atoms with E-state index in [9.17, 15) is 37.6 Å². The lowest BCUT2D eigenvalue weighted by Crippen LogP contribution is -2.66. The Hall–Kier alpha value is -4.25. The second kappa shape index (κ2) is 11.0. The minimum atomic E-state index is -2.95. The van der Waals surface area contributed by atoms with E-state index in [1.165, 1.54) is 18.3 Å². The molecule has 3 aliphatic rings. The maximum atomic E-state index is 14.8. The topological polar surface area (TPSA) is 113 Å². The molecule has 9 nitrogen and oxygen atoms in total. The number of nitrogens with one attached hydrogen (secondary N) is 1. The first-order valence-electron chi connectivity index (χ1n) is 13.8. The predicted molar refractivity (Wildman–Crippen MR) is 149 cm³/mol. The van der Waals surface area contributed by atoms with Gasteiger partial charge in [-0.1, -0.05) is 28.9 Å². The average Bonchev–Trinajstić information content (AvgIpc) is 3.54. The van der Waals surface area contributed by atoms with E-state index in [1.807, 2.05) is 6.07 Å². The summed E-state index contributed by atoms with van der Waals surface area (Å²) in [6, 6.07) is 11.1. The molecule has 2 aliphatic carbocycles. The molecular weight excluding hydrogens is 604 g/mol. The minimum Gasteiger partial charge on any atom is -0.351 e. The molecule has 1 saturated heterocycles. The van der Waals surface area contributed by atoms with Crippen LogP contribution in [0.3, 0.4) is 0 Å². The highest BCUT2D eigenvalue weighted by atomic mass is 35.5. The Kier molecular flexibility index (Phi) is 7.47. The summed E-state index contributed by atoms with van der Waals surface area (Å²) in [6.45, 7) is 0. The molecule has 14 heteroatoms. The van der Waals surface area contributed by atoms with E-state index in [0.717, 1.165) is 22.0 Å². The fourth-order valence-electron chi connectivity index (χ4n) is 6.36. The van der Waals surface area contributed by atoms with Gasteiger partial charge >= 0.3 is 0 Å². The number of aromatic nitrogens is 1. The van der Waals surface area contributed by atoms with Gasteiger partial charge in [-0.15, -0.1) is 0 Å². The van der Waals surface area contributed by atoms with Crippen LogP contribution in [0.5, 0.6) is 0 Å². The maximum absolute atomic E-state index is 14.8. The predicted octanol–water partition coefficient (Wildman–Crippen LogP) is 5.21. The number of fused-ring (bicyclic) bond motifs is 1. The first kappa shape index (κ1) is 29.8. The number of halogens is 5. The van der Waals surface area contributed by atoms with Crippen molar-refractivity contribution in [1.82, 2.24) is 15.5 Å². The van der Waals surface area contributed by atoms with Crippen molar-refractivity contribution in [1.29, 1.82) is 5.26 Å². The van der Waals surface area contributed by atoms with Gasteiger partial charge in [-0.3, -0.25) is 24.7 Å². The van der Waals surface area contributed by atoms with E-state index in [2.05, 4.69) is 10.3 Å². The van der Waals surface area contributed by atoms with E-state index in [1.54, 1.807) is 18.2 Å². The number of nitriles is 1. The molecule has 228 valence electrons. The Morgan fingerprint density at radius 3 is 2.55 bits per heavy atom. The molecule has 0 unspecified atom stereocenters. The Balaban J connectivity index is 1.52. The van der Waals surface area contributed by atoms with Crippen LogP contribution in [-0.4, -0.2) is 45.3 Å². The number of alkyl halides is 2. The molecule has 2 N–H and O–H groups in total. The minimum absolute atomic E-state index is 0.00293. The Morgan fingerprint density at radius 1 is 1.14 bits per heavy atom. The van der Waals surface area contributed by atoms with Crippen molar-refractivity contribution in [3.63, 3.8) is 0 Å². The van der Waals surface area contributed by atoms with Crippen LogP contribution in [0.2, 0.25) is 5.02 Å². The number of benzene rings is 2. The normalized spacial score (nSPS) is 22.5. The van der Waals surface area contributed by atoms with Gasteiger partial charge in [-0.2, -0.15) is 5.26 Å². The number of hydrogen-bond acceptors (Lipinski definition) is 7. The van der Waals surface area contributed by atoms with Crippen LogP contribution in [0.1, 0.15) is 48.8 Å². The molecule has 6 rings (SSSR count). The number of hydrazine groups is 1. The van der Waals surface area contributed by atoms with Gasteiger partial charge in [0.25, 0.3) is 11.8 Å². The van der Waals surface area contributed by atoms with Crippen molar-refractivity contribution < 1.29 is 32.4 Å². The number of rotatable bonds is 7. The maximum Gasteiger partial charge on any atom is 0.252 e. The molecular formula is C30H25ClF4N6O3. The second-order valence-electron chi connectivity index (χ2n) is 11.1. The summed E-state index contributed by atoms with van der Waals surface area (Å²) in [6.07, 6.45) is -1.07. The van der Waals surface area contributed by atoms with E-state index < -0.39 is 60.0 Å². The number of hydroxylamine groups is 1. The molecule has 2 aromatic carbocycles. The summed E-state index contributed by atoms with van der Waals surface area (Å²) in [5, 5.41) is 26.0. The van der Waals surface area contributed by atoms with E-state index in [4.69, 9.17) is 11.6 Å². The highest BCUT2D eigenvalue weighted by molar-refractivity contribution is 6.31. The molecule has 44 heavy (non-hydrogen) atoms. The van der Waals surface area contributed by atoms with Crippen molar-refractivity contribution in [2.75, 3.05) is 9.91 Å². The fourth-order valence-corrected chi connectivity index (χ4v) is 6.63. The number of nitrogens with zero attached hydrogens (tertiary/aromatic N) is 5. The molecule has 2 atom stereocenters. The molecule has 1 aliphatic heterocycles. The smallest absolute Gasteiger partial charge is 0.252 e. The number of carbonyl (C=O) groups excluding carboxylic acids is 2. The van der Waals surface area contributed by atoms with Crippen LogP contribution in [0.4, 0.5) is 29.1 Å². The Labute approximate surface area is 254 Å². The van der Waals surface area contributed by atoms with E-state index in [0.29, 0.717) is 21.8 Å². The van der Waals surface area contributed by atoms with Crippen LogP contribution >= 0.6 is 11.6 Å². The fraction of sp³-hybridized carbons (Fsp3) is 0.333. The first-order chi connectivity index (χ1) is 20.9. The first-order valence-corrected chi connectivity index (χ1v) is 14.2. The summed E-state index contributed by atoms with van der Waals surface area (Å²) < 4.78 is 57.1. The monoisotopic (exact) mass is 628 g/mol. The summed E-state index contributed by atoms with van der Waals surface area (Å²) in [5.74, 6) is -6.22. The third-order valence-electron chi connectivity index (χ3n) is 8.33. The standard InChI is InChI=1S/C30H25ClF4N6O3/c31-24-3-1-2-23-22(24)6-8-30(23,28(43)38-20-14-29(34,35)15-20)40(21-12-18(32)11-19(33)13-21)41(44)26-4-5-27(42)39(26)25-10-17(16-36)7-9-37-25/h1-3,7,9-13,20,26,44H,4-6,8,14-15H2,(H,38,43)/t26-,30-/m1/s1. The SMILES string of the molecule is N#Cc1ccnc(N2C(=O)CC[C@H]2N(O)N(c2cc(F)cc(F)c2)[C@]2(C(=O)NC3CC(F)(F)C3)CCc3c(Cl)cccc32)c1. The van der Waals surface area contributed by atoms with Crippen LogP contribution < -0.4 is 15.2 Å². The van der Waals surface area contributed by atoms with Crippen molar-refractivity contribution in [3.05, 3.63) is 88.1 Å². The molecule has 2 heterocycles. The highest BCUT2D eigenvalue weighted by Crippen LogP contribution is 2.49. The lowest BCUT2D eigenvalue weighted by Gasteiger charge is -2.49. The van der Waals surface area contributed by atoms with Crippen LogP contribution in [0.15, 0.2) is 54.7 Å². The zero-order valence-electron chi connectivity index (χ0n) is 23.0. The molecule has 2 fully saturated rings. The Bertz CT molecular complexity index is 1680. The molecule has 3 aromatic rings. The van der Waals surface area contributed by atoms with Crippen LogP contribution in [-0.2, 0) is 21.5 Å². The van der Waals surface area contributed by atoms with E-state index >= 15 is 0 Å². The lowest BCUT2D eigenvalue weighted by atomic mass is 9.84. The molecule has 0 radical (unpaired) electrons. The number of carbonyl (C=O) groups is 2. The Morgan fingerprint density at radius 2 is 1.86 bits per heavy atom. The summed E-state index contributed by atoms with van der Waals surface area (Å²) in [7, 11) is 0. The van der Waals surface area contributed by atoms with Crippen molar-refractivity contribution >= 4 is 34.9 Å². The number of amides is 2. The summed E-state index contributed by atoms with van der Waals surface area (Å²) in [5.41, 5.74) is -1.22. The quantitative estimate of drug-likeness (QED) is 0.273. The number of hydrogen-bond donors (Lipinski definition) is 2. The zero-order valence-corrected chi connectivity index (χ0v) is 23.7. The van der Waals surface area contributed by atoms with Crippen molar-refractivity contribution in [3.8, 4) is 6.07 Å². The molecule has 2 amide bonds. The van der Waals surface area contributed by atoms with Gasteiger partial charge in [-0.05, 0) is 60.7 Å².